The van der Waals surface area contributed by atoms with Crippen LogP contribution in [-0.2, 0) is 4.74 Å². The molecule has 1 saturated heterocycles. The minimum absolute atomic E-state index is 0. The second kappa shape index (κ2) is 17.0. The first-order valence-corrected chi connectivity index (χ1v) is 10.2. The molecule has 26 heavy (non-hydrogen) atoms. The molecule has 1 aliphatic rings. The normalized spacial score (nSPS) is 17.6. The molecule has 1 rings (SSSR count). The lowest BCUT2D eigenvalue weighted by molar-refractivity contribution is 0.129. The summed E-state index contributed by atoms with van der Waals surface area (Å²) in [6.45, 7) is 16.8. The van der Waals surface area contributed by atoms with E-state index in [4.69, 9.17) is 9.73 Å². The molecule has 0 spiro atoms. The fourth-order valence-corrected chi connectivity index (χ4v) is 2.85. The van der Waals surface area contributed by atoms with Crippen LogP contribution in [0.3, 0.4) is 0 Å². The molecule has 1 fully saturated rings. The van der Waals surface area contributed by atoms with Gasteiger partial charge in [0, 0.05) is 65.6 Å². The number of rotatable bonds is 12. The van der Waals surface area contributed by atoms with Gasteiger partial charge < -0.3 is 25.2 Å². The summed E-state index contributed by atoms with van der Waals surface area (Å²) in [7, 11) is 2.20. The number of hydrogen-bond donors (Lipinski definition) is 2. The van der Waals surface area contributed by atoms with E-state index in [1.54, 1.807) is 0 Å². The van der Waals surface area contributed by atoms with E-state index in [1.165, 1.54) is 32.6 Å². The second-order valence-electron chi connectivity index (χ2n) is 7.17. The average Bonchev–Trinajstić information content (AvgIpc) is 2.60. The fourth-order valence-electron chi connectivity index (χ4n) is 2.85. The molecule has 7 heteroatoms. The lowest BCUT2D eigenvalue weighted by Gasteiger charge is -2.33. The predicted molar refractivity (Wildman–Crippen MR) is 123 cm³/mol. The molecule has 0 aliphatic carbocycles. The van der Waals surface area contributed by atoms with Crippen molar-refractivity contribution in [1.29, 1.82) is 0 Å². The number of nitrogens with one attached hydrogen (secondary N) is 2. The van der Waals surface area contributed by atoms with Gasteiger partial charge in [0.1, 0.15) is 0 Å². The zero-order valence-electron chi connectivity index (χ0n) is 17.4. The van der Waals surface area contributed by atoms with Crippen molar-refractivity contribution in [2.45, 2.75) is 40.0 Å². The highest BCUT2D eigenvalue weighted by Crippen LogP contribution is 2.05. The van der Waals surface area contributed by atoms with E-state index in [2.05, 4.69) is 48.3 Å². The molecule has 1 atom stereocenters. The van der Waals surface area contributed by atoms with Crippen molar-refractivity contribution in [1.82, 2.24) is 20.4 Å². The summed E-state index contributed by atoms with van der Waals surface area (Å²) in [6, 6.07) is 0. The Morgan fingerprint density at radius 2 is 1.77 bits per heavy atom. The van der Waals surface area contributed by atoms with Crippen LogP contribution >= 0.6 is 24.0 Å². The van der Waals surface area contributed by atoms with E-state index in [1.807, 2.05) is 0 Å². The van der Waals surface area contributed by atoms with Gasteiger partial charge in [0.15, 0.2) is 5.96 Å². The number of unbranched alkanes of at least 4 members (excludes halogenated alkanes) is 1. The Hall–Kier alpha value is -0.120. The Morgan fingerprint density at radius 1 is 1.08 bits per heavy atom. The average molecular weight is 483 g/mol. The lowest BCUT2D eigenvalue weighted by atomic mass is 10.1. The number of nitrogens with zero attached hydrogens (tertiary/aromatic N) is 3. The molecule has 156 valence electrons. The first-order chi connectivity index (χ1) is 12.2. The SMILES string of the molecule is CCCCOCCCNC(=NCC(C)CN1CCN(C)CC1)NCC.I. The van der Waals surface area contributed by atoms with Gasteiger partial charge in [-0.1, -0.05) is 20.3 Å². The monoisotopic (exact) mass is 483 g/mol. The molecule has 1 heterocycles. The van der Waals surface area contributed by atoms with E-state index in [0.717, 1.165) is 58.2 Å². The van der Waals surface area contributed by atoms with Gasteiger partial charge in [-0.25, -0.2) is 0 Å². The van der Waals surface area contributed by atoms with Crippen molar-refractivity contribution in [2.24, 2.45) is 10.9 Å². The van der Waals surface area contributed by atoms with Crippen LogP contribution in [-0.4, -0.2) is 88.4 Å². The third kappa shape index (κ3) is 13.1. The van der Waals surface area contributed by atoms with Crippen molar-refractivity contribution in [3.63, 3.8) is 0 Å². The first-order valence-electron chi connectivity index (χ1n) is 10.2. The number of halogens is 1. The minimum atomic E-state index is 0. The Morgan fingerprint density at radius 3 is 2.42 bits per heavy atom. The van der Waals surface area contributed by atoms with Crippen LogP contribution in [0.2, 0.25) is 0 Å². The number of piperazine rings is 1. The van der Waals surface area contributed by atoms with Gasteiger partial charge in [-0.2, -0.15) is 0 Å². The Kier molecular flexibility index (Phi) is 16.9. The van der Waals surface area contributed by atoms with Crippen molar-refractivity contribution < 1.29 is 4.74 Å². The molecule has 0 bridgehead atoms. The molecule has 1 unspecified atom stereocenters. The van der Waals surface area contributed by atoms with E-state index in [0.29, 0.717) is 5.92 Å². The standard InChI is InChI=1S/C19H41N5O.HI/c1-5-7-14-25-15-8-9-21-19(20-6-2)22-16-18(3)17-24-12-10-23(4)11-13-24;/h18H,5-17H2,1-4H3,(H2,20,21,22);1H. The zero-order chi connectivity index (χ0) is 18.3. The summed E-state index contributed by atoms with van der Waals surface area (Å²) in [5, 5.41) is 6.75. The van der Waals surface area contributed by atoms with Gasteiger partial charge in [-0.05, 0) is 32.7 Å². The van der Waals surface area contributed by atoms with E-state index < -0.39 is 0 Å². The molecule has 2 N–H and O–H groups in total. The Balaban J connectivity index is 0.00000625. The zero-order valence-corrected chi connectivity index (χ0v) is 19.8. The largest absolute Gasteiger partial charge is 0.381 e. The van der Waals surface area contributed by atoms with Gasteiger partial charge >= 0.3 is 0 Å². The highest BCUT2D eigenvalue weighted by Gasteiger charge is 2.15. The fraction of sp³-hybridized carbons (Fsp3) is 0.947. The molecule has 0 amide bonds. The van der Waals surface area contributed by atoms with Gasteiger partial charge in [0.2, 0.25) is 0 Å². The first kappa shape index (κ1) is 25.9. The number of guanidine groups is 1. The van der Waals surface area contributed by atoms with E-state index >= 15 is 0 Å². The highest BCUT2D eigenvalue weighted by molar-refractivity contribution is 14.0. The molecular formula is C19H42IN5O. The van der Waals surface area contributed by atoms with E-state index in [-0.39, 0.29) is 24.0 Å². The molecular weight excluding hydrogens is 441 g/mol. The summed E-state index contributed by atoms with van der Waals surface area (Å²) in [5.74, 6) is 1.51. The Bertz CT molecular complexity index is 349. The van der Waals surface area contributed by atoms with Crippen LogP contribution in [0.15, 0.2) is 4.99 Å². The van der Waals surface area contributed by atoms with Gasteiger partial charge in [0.25, 0.3) is 0 Å². The van der Waals surface area contributed by atoms with Crippen molar-refractivity contribution in [3.8, 4) is 0 Å². The highest BCUT2D eigenvalue weighted by atomic mass is 127. The molecule has 0 aromatic heterocycles. The van der Waals surface area contributed by atoms with Gasteiger partial charge in [0.05, 0.1) is 0 Å². The van der Waals surface area contributed by atoms with Crippen LogP contribution < -0.4 is 10.6 Å². The maximum Gasteiger partial charge on any atom is 0.191 e. The van der Waals surface area contributed by atoms with Crippen molar-refractivity contribution in [2.75, 3.05) is 72.6 Å². The quantitative estimate of drug-likeness (QED) is 0.193. The maximum atomic E-state index is 5.60. The molecule has 0 aromatic rings. The summed E-state index contributed by atoms with van der Waals surface area (Å²) in [5.41, 5.74) is 0. The smallest absolute Gasteiger partial charge is 0.191 e. The molecule has 6 nitrogen and oxygen atoms in total. The molecule has 1 aliphatic heterocycles. The summed E-state index contributed by atoms with van der Waals surface area (Å²) >= 11 is 0. The minimum Gasteiger partial charge on any atom is -0.381 e. The number of hydrogen-bond acceptors (Lipinski definition) is 4. The predicted octanol–water partition coefficient (Wildman–Crippen LogP) is 2.25. The van der Waals surface area contributed by atoms with Crippen LogP contribution in [0.4, 0.5) is 0 Å². The van der Waals surface area contributed by atoms with Gasteiger partial charge in [-0.3, -0.25) is 4.99 Å². The van der Waals surface area contributed by atoms with E-state index in [9.17, 15) is 0 Å². The molecule has 0 saturated carbocycles. The second-order valence-corrected chi connectivity index (χ2v) is 7.17. The summed E-state index contributed by atoms with van der Waals surface area (Å²) in [6.07, 6.45) is 3.37. The summed E-state index contributed by atoms with van der Waals surface area (Å²) < 4.78 is 5.60. The maximum absolute atomic E-state index is 5.60. The Labute approximate surface area is 178 Å². The van der Waals surface area contributed by atoms with Crippen molar-refractivity contribution >= 4 is 29.9 Å². The number of likely N-dealkylation sites (N-methyl/N-ethyl adjacent to an activating group) is 1. The lowest BCUT2D eigenvalue weighted by Crippen LogP contribution is -2.46. The van der Waals surface area contributed by atoms with Crippen molar-refractivity contribution in [3.05, 3.63) is 0 Å². The van der Waals surface area contributed by atoms with Crippen LogP contribution in [0.5, 0.6) is 0 Å². The van der Waals surface area contributed by atoms with Gasteiger partial charge in [-0.15, -0.1) is 24.0 Å². The third-order valence-electron chi connectivity index (χ3n) is 4.47. The van der Waals surface area contributed by atoms with Crippen LogP contribution in [0.25, 0.3) is 0 Å². The number of ether oxygens (including phenoxy) is 1. The topological polar surface area (TPSA) is 52.1 Å². The summed E-state index contributed by atoms with van der Waals surface area (Å²) in [4.78, 5) is 9.72. The molecule has 0 aromatic carbocycles. The number of aliphatic imine (C=N–C) groups is 1. The molecule has 0 radical (unpaired) electrons. The third-order valence-corrected chi connectivity index (χ3v) is 4.47. The van der Waals surface area contributed by atoms with Crippen LogP contribution in [0, 0.1) is 5.92 Å². The van der Waals surface area contributed by atoms with Crippen LogP contribution in [0.1, 0.15) is 40.0 Å².